The van der Waals surface area contributed by atoms with E-state index in [-0.39, 0.29) is 6.42 Å². The van der Waals surface area contributed by atoms with Crippen molar-refractivity contribution in [1.29, 1.82) is 0 Å². The molecule has 1 fully saturated rings. The summed E-state index contributed by atoms with van der Waals surface area (Å²) in [5.74, 6) is -0.717. The van der Waals surface area contributed by atoms with Crippen LogP contribution in [0.3, 0.4) is 0 Å². The monoisotopic (exact) mass is 765 g/mol. The predicted molar refractivity (Wildman–Crippen MR) is 201 cm³/mol. The summed E-state index contributed by atoms with van der Waals surface area (Å²) in [4.78, 5) is 13.0. The van der Waals surface area contributed by atoms with Crippen molar-refractivity contribution in [2.75, 3.05) is 13.2 Å². The molecule has 0 aromatic carbocycles. The zero-order valence-corrected chi connectivity index (χ0v) is 32.5. The van der Waals surface area contributed by atoms with E-state index in [9.17, 15) is 38.7 Å². The van der Waals surface area contributed by atoms with Crippen LogP contribution in [0.2, 0.25) is 0 Å². The Labute approximate surface area is 313 Å². The number of amides is 1. The third-order valence-corrected chi connectivity index (χ3v) is 9.79. The molecule has 13 nitrogen and oxygen atoms in total. The summed E-state index contributed by atoms with van der Waals surface area (Å²) in [5, 5.41) is 54.6. The highest BCUT2D eigenvalue weighted by Gasteiger charge is 2.48. The molecule has 0 radical (unpaired) electrons. The van der Waals surface area contributed by atoms with E-state index in [0.29, 0.717) is 12.8 Å². The third-order valence-electron chi connectivity index (χ3n) is 9.32. The van der Waals surface area contributed by atoms with E-state index in [1.807, 2.05) is 6.08 Å². The first kappa shape index (κ1) is 48.6. The van der Waals surface area contributed by atoms with Crippen molar-refractivity contribution in [3.8, 4) is 0 Å². The highest BCUT2D eigenvalue weighted by molar-refractivity contribution is 7.80. The SMILES string of the molecule is CCC/C=C/CC/C=C/C(O)C(COC1OC(CO)C(O)C(OS(=O)(=O)O)C1O)NC(=O)C(O)CCCCCCCCCCCCCCCCCC. The first-order valence-electron chi connectivity index (χ1n) is 19.8. The van der Waals surface area contributed by atoms with E-state index in [4.69, 9.17) is 14.0 Å². The molecule has 1 aliphatic heterocycles. The number of hydrogen-bond donors (Lipinski definition) is 7. The Morgan fingerprint density at radius 3 is 1.81 bits per heavy atom. The molecule has 8 atom stereocenters. The van der Waals surface area contributed by atoms with Gasteiger partial charge in [0, 0.05) is 0 Å². The smallest absolute Gasteiger partial charge is 0.394 e. The topological polar surface area (TPSA) is 212 Å². The van der Waals surface area contributed by atoms with Crippen molar-refractivity contribution >= 4 is 16.3 Å². The molecular formula is C38H71NO12S. The highest BCUT2D eigenvalue weighted by Crippen LogP contribution is 2.26. The molecule has 8 unspecified atom stereocenters. The van der Waals surface area contributed by atoms with Crippen LogP contribution in [-0.4, -0.2) is 107 Å². The first-order chi connectivity index (χ1) is 24.9. The fourth-order valence-corrected chi connectivity index (χ4v) is 6.64. The van der Waals surface area contributed by atoms with E-state index in [1.54, 1.807) is 6.08 Å². The molecule has 1 aliphatic rings. The summed E-state index contributed by atoms with van der Waals surface area (Å²) in [6, 6.07) is -1.13. The number of allylic oxidation sites excluding steroid dienone is 3. The van der Waals surface area contributed by atoms with Gasteiger partial charge in [0.25, 0.3) is 0 Å². The summed E-state index contributed by atoms with van der Waals surface area (Å²) in [5.41, 5.74) is 0. The molecule has 1 saturated heterocycles. The van der Waals surface area contributed by atoms with Crippen molar-refractivity contribution < 1.29 is 57.0 Å². The fourth-order valence-electron chi connectivity index (χ4n) is 6.13. The van der Waals surface area contributed by atoms with Crippen LogP contribution < -0.4 is 5.32 Å². The second kappa shape index (κ2) is 29.8. The van der Waals surface area contributed by atoms with Gasteiger partial charge in [0.15, 0.2) is 6.29 Å². The quantitative estimate of drug-likeness (QED) is 0.0268. The number of carbonyl (C=O) groups excluding carboxylic acids is 1. The Kier molecular flexibility index (Phi) is 27.9. The van der Waals surface area contributed by atoms with E-state index in [0.717, 1.165) is 38.5 Å². The Hall–Kier alpha value is -1.46. The van der Waals surface area contributed by atoms with E-state index in [2.05, 4.69) is 29.4 Å². The number of nitrogens with one attached hydrogen (secondary N) is 1. The zero-order valence-electron chi connectivity index (χ0n) is 31.7. The van der Waals surface area contributed by atoms with E-state index < -0.39 is 78.5 Å². The van der Waals surface area contributed by atoms with Gasteiger partial charge in [-0.25, -0.2) is 4.18 Å². The van der Waals surface area contributed by atoms with Crippen molar-refractivity contribution in [3.63, 3.8) is 0 Å². The van der Waals surface area contributed by atoms with E-state index in [1.165, 1.54) is 83.1 Å². The number of hydrogen-bond acceptors (Lipinski definition) is 11. The van der Waals surface area contributed by atoms with Gasteiger partial charge in [-0.05, 0) is 25.7 Å². The standard InChI is InChI=1S/C38H71NO12S/c1-3-5-7-9-11-12-13-14-15-16-17-18-19-21-23-25-27-32(42)37(45)39-30(31(41)26-24-22-20-10-8-6-4-2)29-49-38-35(44)36(51-52(46,47)48)34(43)33(28-40)50-38/h8,10,24,26,30-36,38,40-44H,3-7,9,11-23,25,27-29H2,1-2H3,(H,39,45)(H,46,47,48)/b10-8+,26-24+. The molecular weight excluding hydrogens is 694 g/mol. The molecule has 0 bridgehead atoms. The van der Waals surface area contributed by atoms with Gasteiger partial charge in [0.1, 0.15) is 30.5 Å². The van der Waals surface area contributed by atoms with Crippen molar-refractivity contribution in [1.82, 2.24) is 5.32 Å². The van der Waals surface area contributed by atoms with Crippen molar-refractivity contribution in [2.24, 2.45) is 0 Å². The zero-order chi connectivity index (χ0) is 38.6. The average Bonchev–Trinajstić information content (AvgIpc) is 3.11. The lowest BCUT2D eigenvalue weighted by atomic mass is 9.99. The lowest BCUT2D eigenvalue weighted by Crippen LogP contribution is -2.61. The van der Waals surface area contributed by atoms with Crippen LogP contribution in [0.5, 0.6) is 0 Å². The molecule has 1 rings (SSSR count). The summed E-state index contributed by atoms with van der Waals surface area (Å²) in [6.45, 7) is 3.05. The minimum atomic E-state index is -5.11. The van der Waals surface area contributed by atoms with Gasteiger partial charge < -0.3 is 40.3 Å². The molecule has 14 heteroatoms. The maximum absolute atomic E-state index is 13.0. The maximum Gasteiger partial charge on any atom is 0.397 e. The van der Waals surface area contributed by atoms with Gasteiger partial charge in [-0.3, -0.25) is 9.35 Å². The molecule has 0 aromatic heterocycles. The Bertz CT molecular complexity index is 1060. The molecule has 0 spiro atoms. The van der Waals surface area contributed by atoms with Gasteiger partial charge >= 0.3 is 10.4 Å². The van der Waals surface area contributed by atoms with Crippen LogP contribution in [0.25, 0.3) is 0 Å². The second-order valence-corrected chi connectivity index (χ2v) is 15.1. The average molecular weight is 766 g/mol. The summed E-state index contributed by atoms with van der Waals surface area (Å²) in [7, 11) is -5.11. The molecule has 306 valence electrons. The van der Waals surface area contributed by atoms with Gasteiger partial charge in [-0.15, -0.1) is 0 Å². The number of ether oxygens (including phenoxy) is 2. The lowest BCUT2D eigenvalue weighted by molar-refractivity contribution is -0.298. The Balaban J connectivity index is 2.58. The summed E-state index contributed by atoms with van der Waals surface area (Å²) < 4.78 is 47.1. The van der Waals surface area contributed by atoms with Gasteiger partial charge in [-0.1, -0.05) is 147 Å². The molecule has 0 aliphatic carbocycles. The number of rotatable bonds is 32. The molecule has 7 N–H and O–H groups in total. The van der Waals surface area contributed by atoms with Crippen molar-refractivity contribution in [3.05, 3.63) is 24.3 Å². The number of unbranched alkanes of at least 4 members (excludes halogenated alkanes) is 17. The highest BCUT2D eigenvalue weighted by atomic mass is 32.3. The number of carbonyl (C=O) groups is 1. The molecule has 1 heterocycles. The Morgan fingerprint density at radius 1 is 0.769 bits per heavy atom. The fraction of sp³-hybridized carbons (Fsp3) is 0.868. The van der Waals surface area contributed by atoms with Crippen LogP contribution in [0, 0.1) is 0 Å². The van der Waals surface area contributed by atoms with Crippen LogP contribution in [0.4, 0.5) is 0 Å². The Morgan fingerprint density at radius 2 is 1.29 bits per heavy atom. The van der Waals surface area contributed by atoms with Crippen LogP contribution >= 0.6 is 0 Å². The maximum atomic E-state index is 13.0. The van der Waals surface area contributed by atoms with E-state index >= 15 is 0 Å². The van der Waals surface area contributed by atoms with Crippen LogP contribution in [0.1, 0.15) is 149 Å². The van der Waals surface area contributed by atoms with Gasteiger partial charge in [-0.2, -0.15) is 8.42 Å². The van der Waals surface area contributed by atoms with Crippen molar-refractivity contribution in [2.45, 2.75) is 198 Å². The summed E-state index contributed by atoms with van der Waals surface area (Å²) >= 11 is 0. The number of aliphatic hydroxyl groups is 5. The predicted octanol–water partition coefficient (Wildman–Crippen LogP) is 5.18. The second-order valence-electron chi connectivity index (χ2n) is 14.0. The van der Waals surface area contributed by atoms with Gasteiger partial charge in [0.05, 0.1) is 25.4 Å². The molecule has 0 aromatic rings. The lowest BCUT2D eigenvalue weighted by Gasteiger charge is -2.41. The normalized spacial score (nSPS) is 23.0. The van der Waals surface area contributed by atoms with Crippen LogP contribution in [0.15, 0.2) is 24.3 Å². The van der Waals surface area contributed by atoms with Crippen LogP contribution in [-0.2, 0) is 28.9 Å². The largest absolute Gasteiger partial charge is 0.397 e. The van der Waals surface area contributed by atoms with Gasteiger partial charge in [0.2, 0.25) is 5.91 Å². The number of aliphatic hydroxyl groups excluding tert-OH is 5. The minimum Gasteiger partial charge on any atom is -0.394 e. The molecule has 0 saturated carbocycles. The molecule has 1 amide bonds. The molecule has 52 heavy (non-hydrogen) atoms. The minimum absolute atomic E-state index is 0.239. The third kappa shape index (κ3) is 22.7. The summed E-state index contributed by atoms with van der Waals surface area (Å²) in [6.07, 6.45) is 18.9. The first-order valence-corrected chi connectivity index (χ1v) is 21.2.